The van der Waals surface area contributed by atoms with Gasteiger partial charge in [-0.3, -0.25) is 4.57 Å². The van der Waals surface area contributed by atoms with Gasteiger partial charge in [-0.15, -0.1) is 0 Å². The summed E-state index contributed by atoms with van der Waals surface area (Å²) in [5.74, 6) is -2.16. The molecule has 1 heterocycles. The number of hydrogen-bond acceptors (Lipinski definition) is 3. The zero-order valence-corrected chi connectivity index (χ0v) is 16.7. The molecule has 0 spiro atoms. The maximum atomic E-state index is 15.1. The van der Waals surface area contributed by atoms with E-state index in [0.717, 1.165) is 0 Å². The Balaban J connectivity index is 2.18. The molecule has 0 unspecified atom stereocenters. The van der Waals surface area contributed by atoms with Crippen molar-refractivity contribution in [1.29, 1.82) is 0 Å². The highest BCUT2D eigenvalue weighted by atomic mass is 35.5. The summed E-state index contributed by atoms with van der Waals surface area (Å²) < 4.78 is 16.4. The van der Waals surface area contributed by atoms with E-state index in [-0.39, 0.29) is 44.3 Å². The summed E-state index contributed by atoms with van der Waals surface area (Å²) in [6, 6.07) is 17.3. The average Bonchev–Trinajstić information content (AvgIpc) is 3.13. The Morgan fingerprint density at radius 2 is 1.73 bits per heavy atom. The Bertz CT molecular complexity index is 1270. The summed E-state index contributed by atoms with van der Waals surface area (Å²) in [6.45, 7) is 0. The molecule has 4 rings (SSSR count). The molecule has 0 amide bonds. The van der Waals surface area contributed by atoms with Crippen molar-refractivity contribution in [2.75, 3.05) is 0 Å². The summed E-state index contributed by atoms with van der Waals surface area (Å²) in [5.41, 5.74) is 0.227. The second-order valence-corrected chi connectivity index (χ2v) is 7.22. The second-order valence-electron chi connectivity index (χ2n) is 6.37. The second kappa shape index (κ2) is 7.82. The van der Waals surface area contributed by atoms with Gasteiger partial charge in [-0.2, -0.15) is 0 Å². The van der Waals surface area contributed by atoms with Crippen LogP contribution in [0, 0.1) is 5.82 Å². The molecule has 8 heteroatoms. The van der Waals surface area contributed by atoms with Crippen LogP contribution in [0.15, 0.2) is 66.7 Å². The van der Waals surface area contributed by atoms with Crippen molar-refractivity contribution in [2.24, 2.45) is 0 Å². The Morgan fingerprint density at radius 3 is 2.43 bits per heavy atom. The lowest BCUT2D eigenvalue weighted by Crippen LogP contribution is -2.05. The van der Waals surface area contributed by atoms with Crippen LogP contribution in [0.25, 0.3) is 28.3 Å². The molecule has 150 valence electrons. The van der Waals surface area contributed by atoms with Crippen molar-refractivity contribution in [2.45, 2.75) is 0 Å². The lowest BCUT2D eigenvalue weighted by molar-refractivity contribution is 0.0692. The maximum absolute atomic E-state index is 15.1. The number of phenolic OH excluding ortho intramolecular Hbond substituents is 1. The molecule has 0 fully saturated rings. The quantitative estimate of drug-likeness (QED) is 0.402. The van der Waals surface area contributed by atoms with E-state index in [1.807, 2.05) is 0 Å². The lowest BCUT2D eigenvalue weighted by atomic mass is 10.1. The third-order valence-corrected chi connectivity index (χ3v) is 5.02. The number of carbonyl (C=O) groups is 1. The van der Waals surface area contributed by atoms with Crippen LogP contribution >= 0.6 is 23.2 Å². The van der Waals surface area contributed by atoms with Crippen LogP contribution in [0.4, 0.5) is 4.39 Å². The SMILES string of the molecule is O=C(O)c1nc(-c2ccccc2)n(-c2cccc(Cl)c2F)c1-c1cc(Cl)ccc1O. The predicted molar refractivity (Wildman–Crippen MR) is 113 cm³/mol. The molecule has 0 aliphatic carbocycles. The Labute approximate surface area is 180 Å². The fourth-order valence-corrected chi connectivity index (χ4v) is 3.54. The maximum Gasteiger partial charge on any atom is 0.356 e. The smallest absolute Gasteiger partial charge is 0.356 e. The van der Waals surface area contributed by atoms with Gasteiger partial charge < -0.3 is 10.2 Å². The van der Waals surface area contributed by atoms with E-state index < -0.39 is 11.8 Å². The molecule has 2 N–H and O–H groups in total. The predicted octanol–water partition coefficient (Wildman–Crippen LogP) is 6.06. The van der Waals surface area contributed by atoms with Crippen LogP contribution in [0.5, 0.6) is 5.75 Å². The van der Waals surface area contributed by atoms with E-state index in [0.29, 0.717) is 5.56 Å². The summed E-state index contributed by atoms with van der Waals surface area (Å²) in [6.07, 6.45) is 0. The fourth-order valence-electron chi connectivity index (χ4n) is 3.20. The van der Waals surface area contributed by atoms with E-state index in [9.17, 15) is 15.0 Å². The van der Waals surface area contributed by atoms with Gasteiger partial charge in [-0.25, -0.2) is 14.2 Å². The summed E-state index contributed by atoms with van der Waals surface area (Å²) in [7, 11) is 0. The lowest BCUT2D eigenvalue weighted by Gasteiger charge is -2.15. The number of rotatable bonds is 4. The number of halogens is 3. The van der Waals surface area contributed by atoms with Crippen molar-refractivity contribution in [1.82, 2.24) is 9.55 Å². The van der Waals surface area contributed by atoms with Gasteiger partial charge in [-0.1, -0.05) is 59.6 Å². The number of aromatic carboxylic acids is 1. The van der Waals surface area contributed by atoms with Gasteiger partial charge in [0.1, 0.15) is 11.6 Å². The molecule has 0 radical (unpaired) electrons. The third kappa shape index (κ3) is 3.40. The van der Waals surface area contributed by atoms with Crippen LogP contribution in [-0.4, -0.2) is 25.7 Å². The van der Waals surface area contributed by atoms with Crippen LogP contribution < -0.4 is 0 Å². The normalized spacial score (nSPS) is 10.9. The Kier molecular flexibility index (Phi) is 5.20. The third-order valence-electron chi connectivity index (χ3n) is 4.50. The molecular formula is C22H13Cl2FN2O3. The number of phenols is 1. The number of aromatic hydroxyl groups is 1. The van der Waals surface area contributed by atoms with E-state index in [1.54, 1.807) is 30.3 Å². The number of carboxylic acid groups (broad SMARTS) is 1. The topological polar surface area (TPSA) is 75.3 Å². The number of benzene rings is 3. The molecule has 0 bridgehead atoms. The number of aromatic nitrogens is 2. The number of hydrogen-bond donors (Lipinski definition) is 2. The number of nitrogens with zero attached hydrogens (tertiary/aromatic N) is 2. The van der Waals surface area contributed by atoms with Gasteiger partial charge in [0.15, 0.2) is 11.5 Å². The number of carboxylic acids is 1. The minimum Gasteiger partial charge on any atom is -0.507 e. The van der Waals surface area contributed by atoms with Gasteiger partial charge in [0.25, 0.3) is 0 Å². The highest BCUT2D eigenvalue weighted by molar-refractivity contribution is 6.31. The van der Waals surface area contributed by atoms with Gasteiger partial charge in [-0.05, 0) is 30.3 Å². The molecule has 0 saturated heterocycles. The summed E-state index contributed by atoms with van der Waals surface area (Å²) in [4.78, 5) is 16.3. The fraction of sp³-hybridized carbons (Fsp3) is 0. The van der Waals surface area contributed by atoms with Crippen LogP contribution in [-0.2, 0) is 0 Å². The van der Waals surface area contributed by atoms with Crippen LogP contribution in [0.1, 0.15) is 10.5 Å². The zero-order valence-electron chi connectivity index (χ0n) is 15.2. The molecule has 30 heavy (non-hydrogen) atoms. The first-order valence-corrected chi connectivity index (χ1v) is 9.48. The van der Waals surface area contributed by atoms with E-state index >= 15 is 4.39 Å². The van der Waals surface area contributed by atoms with E-state index in [2.05, 4.69) is 4.98 Å². The molecule has 4 aromatic rings. The monoisotopic (exact) mass is 442 g/mol. The van der Waals surface area contributed by atoms with Crippen LogP contribution in [0.2, 0.25) is 10.0 Å². The van der Waals surface area contributed by atoms with E-state index in [1.165, 1.54) is 41.0 Å². The molecule has 3 aromatic carbocycles. The Hall–Kier alpha value is -3.35. The molecule has 0 aliphatic heterocycles. The van der Waals surface area contributed by atoms with Crippen molar-refractivity contribution >= 4 is 29.2 Å². The highest BCUT2D eigenvalue weighted by Crippen LogP contribution is 2.40. The van der Waals surface area contributed by atoms with Gasteiger partial charge in [0, 0.05) is 16.1 Å². The zero-order chi connectivity index (χ0) is 21.4. The summed E-state index contributed by atoms with van der Waals surface area (Å²) in [5, 5.41) is 20.4. The molecular weight excluding hydrogens is 430 g/mol. The van der Waals surface area contributed by atoms with Crippen molar-refractivity contribution in [3.63, 3.8) is 0 Å². The van der Waals surface area contributed by atoms with Gasteiger partial charge >= 0.3 is 5.97 Å². The molecule has 5 nitrogen and oxygen atoms in total. The molecule has 0 saturated carbocycles. The molecule has 0 atom stereocenters. The van der Waals surface area contributed by atoms with Gasteiger partial charge in [0.05, 0.1) is 16.4 Å². The minimum atomic E-state index is -1.34. The molecule has 0 aliphatic rings. The first kappa shape index (κ1) is 19.9. The van der Waals surface area contributed by atoms with Gasteiger partial charge in [0.2, 0.25) is 0 Å². The average molecular weight is 443 g/mol. The first-order valence-electron chi connectivity index (χ1n) is 8.73. The van der Waals surface area contributed by atoms with Crippen molar-refractivity contribution in [3.8, 4) is 34.1 Å². The first-order chi connectivity index (χ1) is 14.4. The minimum absolute atomic E-state index is 0.0178. The van der Waals surface area contributed by atoms with E-state index in [4.69, 9.17) is 23.2 Å². The highest BCUT2D eigenvalue weighted by Gasteiger charge is 2.28. The van der Waals surface area contributed by atoms with Crippen molar-refractivity contribution < 1.29 is 19.4 Å². The summed E-state index contributed by atoms with van der Waals surface area (Å²) >= 11 is 12.1. The molecule has 1 aromatic heterocycles. The number of imidazole rings is 1. The largest absolute Gasteiger partial charge is 0.507 e. The van der Waals surface area contributed by atoms with Crippen molar-refractivity contribution in [3.05, 3.63) is 88.3 Å². The Morgan fingerprint density at radius 1 is 1.00 bits per heavy atom. The standard InChI is InChI=1S/C22H13Cl2FN2O3/c23-13-9-10-17(28)14(11-13)20-19(22(29)30)26-21(12-5-2-1-3-6-12)27(20)16-8-4-7-15(24)18(16)25/h1-11,28H,(H,29,30). The van der Waals surface area contributed by atoms with Crippen LogP contribution in [0.3, 0.4) is 0 Å².